The van der Waals surface area contributed by atoms with E-state index in [9.17, 15) is 9.59 Å². The minimum absolute atomic E-state index is 0.0906. The first-order chi connectivity index (χ1) is 18.2. The molecule has 0 unspecified atom stereocenters. The van der Waals surface area contributed by atoms with Crippen molar-refractivity contribution in [2.24, 2.45) is 4.99 Å². The Morgan fingerprint density at radius 2 is 1.32 bits per heavy atom. The fourth-order valence-corrected chi connectivity index (χ4v) is 4.62. The Bertz CT molecular complexity index is 1460. The average Bonchev–Trinajstić information content (AvgIpc) is 2.96. The zero-order valence-corrected chi connectivity index (χ0v) is 20.5. The van der Waals surface area contributed by atoms with Crippen LogP contribution >= 0.6 is 0 Å². The average molecular weight is 482 g/mol. The lowest BCUT2D eigenvalue weighted by Gasteiger charge is -2.18. The Hall–Kier alpha value is -4.63. The van der Waals surface area contributed by atoms with E-state index < -0.39 is 0 Å². The number of rotatable bonds is 7. The van der Waals surface area contributed by atoms with Gasteiger partial charge in [-0.1, -0.05) is 109 Å². The number of allylic oxidation sites excluding steroid dienone is 3. The number of carbonyl (C=O) groups is 2. The second-order valence-electron chi connectivity index (χ2n) is 8.98. The van der Waals surface area contributed by atoms with Crippen molar-refractivity contribution in [2.75, 3.05) is 0 Å². The summed E-state index contributed by atoms with van der Waals surface area (Å²) in [6.45, 7) is 0. The number of aliphatic imine (C=N–C) groups is 1. The maximum atomic E-state index is 13.2. The summed E-state index contributed by atoms with van der Waals surface area (Å²) in [5.74, 6) is -0.334. The van der Waals surface area contributed by atoms with Gasteiger partial charge < -0.3 is 0 Å². The van der Waals surface area contributed by atoms with Gasteiger partial charge in [-0.3, -0.25) is 9.59 Å². The molecule has 1 aliphatic carbocycles. The molecule has 37 heavy (non-hydrogen) atoms. The Morgan fingerprint density at radius 3 is 1.97 bits per heavy atom. The highest BCUT2D eigenvalue weighted by atomic mass is 16.1. The summed E-state index contributed by atoms with van der Waals surface area (Å²) in [4.78, 5) is 31.2. The summed E-state index contributed by atoms with van der Waals surface area (Å²) < 4.78 is 0. The van der Waals surface area contributed by atoms with Crippen LogP contribution in [0.15, 0.2) is 132 Å². The van der Waals surface area contributed by atoms with Gasteiger partial charge in [-0.15, -0.1) is 0 Å². The highest BCUT2D eigenvalue weighted by Crippen LogP contribution is 2.33. The van der Waals surface area contributed by atoms with E-state index >= 15 is 0 Å². The standard InChI is InChI=1S/C34H27NO2/c36-31-21-11-20-30(33(31)32(37)23-22-25-12-4-1-5-13-25)28-18-10-19-29(24-28)35-34(26-14-6-2-7-15-26)27-16-8-3-9-17-27/h1-10,12-19,22-24H,11,20-21H2. The fraction of sp³-hybridized carbons (Fsp3) is 0.0882. The number of hydrogen-bond donors (Lipinski definition) is 0. The molecular weight excluding hydrogens is 454 g/mol. The minimum Gasteiger partial charge on any atom is -0.294 e. The van der Waals surface area contributed by atoms with E-state index in [1.165, 1.54) is 6.08 Å². The van der Waals surface area contributed by atoms with Gasteiger partial charge in [-0.25, -0.2) is 4.99 Å². The van der Waals surface area contributed by atoms with Crippen LogP contribution in [0.2, 0.25) is 0 Å². The van der Waals surface area contributed by atoms with Crippen molar-refractivity contribution in [1.82, 2.24) is 0 Å². The molecule has 0 spiro atoms. The van der Waals surface area contributed by atoms with Crippen LogP contribution in [0.3, 0.4) is 0 Å². The second-order valence-corrected chi connectivity index (χ2v) is 8.98. The summed E-state index contributed by atoms with van der Waals surface area (Å²) in [5, 5.41) is 0. The summed E-state index contributed by atoms with van der Waals surface area (Å²) in [5.41, 5.74) is 6.58. The van der Waals surface area contributed by atoms with Gasteiger partial charge >= 0.3 is 0 Å². The van der Waals surface area contributed by atoms with Crippen molar-refractivity contribution in [2.45, 2.75) is 19.3 Å². The molecule has 0 atom stereocenters. The minimum atomic E-state index is -0.244. The molecule has 5 rings (SSSR count). The number of benzene rings is 4. The highest BCUT2D eigenvalue weighted by Gasteiger charge is 2.26. The molecule has 0 N–H and O–H groups in total. The lowest BCUT2D eigenvalue weighted by molar-refractivity contribution is -0.119. The Labute approximate surface area is 217 Å². The van der Waals surface area contributed by atoms with Gasteiger partial charge in [0.05, 0.1) is 17.0 Å². The van der Waals surface area contributed by atoms with E-state index in [0.717, 1.165) is 45.6 Å². The number of hydrogen-bond acceptors (Lipinski definition) is 3. The van der Waals surface area contributed by atoms with Gasteiger partial charge in [-0.05, 0) is 47.8 Å². The van der Waals surface area contributed by atoms with Crippen LogP contribution < -0.4 is 0 Å². The SMILES string of the molecule is O=C(C=Cc1ccccc1)C1=C(c2cccc(N=C(c3ccccc3)c3ccccc3)c2)CCCC1=O. The zero-order valence-electron chi connectivity index (χ0n) is 20.5. The van der Waals surface area contributed by atoms with Gasteiger partial charge in [0.25, 0.3) is 0 Å². The largest absolute Gasteiger partial charge is 0.294 e. The fourth-order valence-electron chi connectivity index (χ4n) is 4.62. The number of carbonyl (C=O) groups excluding carboxylic acids is 2. The van der Waals surface area contributed by atoms with Crippen LogP contribution in [-0.4, -0.2) is 17.3 Å². The van der Waals surface area contributed by atoms with Crippen LogP contribution in [0.25, 0.3) is 11.6 Å². The maximum Gasteiger partial charge on any atom is 0.189 e. The normalized spacial score (nSPS) is 13.6. The maximum absolute atomic E-state index is 13.2. The molecule has 0 heterocycles. The molecule has 4 aromatic carbocycles. The van der Waals surface area contributed by atoms with E-state index in [4.69, 9.17) is 4.99 Å². The molecule has 4 aromatic rings. The van der Waals surface area contributed by atoms with Gasteiger partial charge in [-0.2, -0.15) is 0 Å². The predicted molar refractivity (Wildman–Crippen MR) is 151 cm³/mol. The first-order valence-electron chi connectivity index (χ1n) is 12.5. The molecule has 0 bridgehead atoms. The molecule has 1 aliphatic rings. The predicted octanol–water partition coefficient (Wildman–Crippen LogP) is 7.64. The third-order valence-electron chi connectivity index (χ3n) is 6.41. The van der Waals surface area contributed by atoms with Crippen molar-refractivity contribution in [3.8, 4) is 0 Å². The summed E-state index contributed by atoms with van der Waals surface area (Å²) in [6.07, 6.45) is 5.09. The highest BCUT2D eigenvalue weighted by molar-refractivity contribution is 6.29. The quantitative estimate of drug-likeness (QED) is 0.155. The number of ketones is 2. The van der Waals surface area contributed by atoms with Gasteiger partial charge in [0, 0.05) is 17.5 Å². The molecule has 3 nitrogen and oxygen atoms in total. The van der Waals surface area contributed by atoms with Crippen molar-refractivity contribution in [1.29, 1.82) is 0 Å². The smallest absolute Gasteiger partial charge is 0.189 e. The number of nitrogens with zero attached hydrogens (tertiary/aromatic N) is 1. The van der Waals surface area contributed by atoms with Crippen LogP contribution in [0.4, 0.5) is 5.69 Å². The first-order valence-corrected chi connectivity index (χ1v) is 12.5. The topological polar surface area (TPSA) is 46.5 Å². The Kier molecular flexibility index (Phi) is 7.42. The number of Topliss-reactive ketones (excluding diaryl/α,β-unsaturated/α-hetero) is 1. The third-order valence-corrected chi connectivity index (χ3v) is 6.41. The van der Waals surface area contributed by atoms with Gasteiger partial charge in [0.2, 0.25) is 0 Å². The molecular formula is C34H27NO2. The van der Waals surface area contributed by atoms with Gasteiger partial charge in [0.1, 0.15) is 0 Å². The summed E-state index contributed by atoms with van der Waals surface area (Å²) in [7, 11) is 0. The van der Waals surface area contributed by atoms with Gasteiger partial charge in [0.15, 0.2) is 11.6 Å². The van der Waals surface area contributed by atoms with Crippen LogP contribution in [-0.2, 0) is 9.59 Å². The Balaban J connectivity index is 1.55. The van der Waals surface area contributed by atoms with Crippen LogP contribution in [0, 0.1) is 0 Å². The van der Waals surface area contributed by atoms with E-state index in [-0.39, 0.29) is 11.6 Å². The molecule has 0 aliphatic heterocycles. The molecule has 0 fully saturated rings. The molecule has 0 aromatic heterocycles. The first kappa shape index (κ1) is 24.1. The second kappa shape index (κ2) is 11.4. The van der Waals surface area contributed by atoms with Crippen LogP contribution in [0.1, 0.15) is 41.5 Å². The molecule has 180 valence electrons. The molecule has 0 saturated carbocycles. The molecule has 0 saturated heterocycles. The van der Waals surface area contributed by atoms with Crippen LogP contribution in [0.5, 0.6) is 0 Å². The third kappa shape index (κ3) is 5.79. The van der Waals surface area contributed by atoms with Crippen molar-refractivity contribution in [3.05, 3.63) is 149 Å². The van der Waals surface area contributed by atoms with Crippen molar-refractivity contribution in [3.63, 3.8) is 0 Å². The van der Waals surface area contributed by atoms with E-state index in [1.807, 2.05) is 115 Å². The lowest BCUT2D eigenvalue weighted by atomic mass is 9.84. The Morgan fingerprint density at radius 1 is 0.703 bits per heavy atom. The lowest BCUT2D eigenvalue weighted by Crippen LogP contribution is -2.17. The van der Waals surface area contributed by atoms with E-state index in [1.54, 1.807) is 6.08 Å². The van der Waals surface area contributed by atoms with E-state index in [0.29, 0.717) is 18.4 Å². The van der Waals surface area contributed by atoms with Crippen molar-refractivity contribution < 1.29 is 9.59 Å². The summed E-state index contributed by atoms with van der Waals surface area (Å²) in [6, 6.07) is 37.7. The molecule has 0 amide bonds. The zero-order chi connectivity index (χ0) is 25.5. The van der Waals surface area contributed by atoms with Crippen molar-refractivity contribution >= 4 is 34.6 Å². The molecule has 0 radical (unpaired) electrons. The monoisotopic (exact) mass is 481 g/mol. The van der Waals surface area contributed by atoms with E-state index in [2.05, 4.69) is 0 Å². The molecule has 3 heteroatoms. The summed E-state index contributed by atoms with van der Waals surface area (Å²) >= 11 is 0.